The van der Waals surface area contributed by atoms with Gasteiger partial charge in [0, 0.05) is 13.5 Å². The smallest absolute Gasteiger partial charge is 0.410 e. The molecule has 2 aliphatic rings. The lowest BCUT2D eigenvalue weighted by Crippen LogP contribution is -2.34. The van der Waals surface area contributed by atoms with Crippen LogP contribution in [0.1, 0.15) is 19.3 Å². The van der Waals surface area contributed by atoms with Crippen LogP contribution in [0.5, 0.6) is 0 Å². The van der Waals surface area contributed by atoms with E-state index in [1.807, 2.05) is 0 Å². The Kier molecular flexibility index (Phi) is 2.15. The Hall–Kier alpha value is -0.770. The fourth-order valence-corrected chi connectivity index (χ4v) is 2.15. The molecule has 0 aliphatic carbocycles. The van der Waals surface area contributed by atoms with E-state index < -0.39 is 0 Å². The van der Waals surface area contributed by atoms with Crippen LogP contribution in [0.3, 0.4) is 0 Å². The molecular formula is C9H16N2O2. The number of nitrogens with zero attached hydrogens (tertiary/aromatic N) is 1. The van der Waals surface area contributed by atoms with Crippen molar-refractivity contribution in [2.45, 2.75) is 24.9 Å². The minimum atomic E-state index is -0.185. The largest absolute Gasteiger partial charge is 0.441 e. The fourth-order valence-electron chi connectivity index (χ4n) is 2.15. The van der Waals surface area contributed by atoms with Crippen molar-refractivity contribution in [2.24, 2.45) is 0 Å². The van der Waals surface area contributed by atoms with Crippen molar-refractivity contribution in [3.63, 3.8) is 0 Å². The summed E-state index contributed by atoms with van der Waals surface area (Å²) < 4.78 is 5.43. The van der Waals surface area contributed by atoms with Gasteiger partial charge in [-0.25, -0.2) is 4.79 Å². The van der Waals surface area contributed by atoms with Gasteiger partial charge in [-0.05, 0) is 25.9 Å². The number of nitrogens with one attached hydrogen (secondary N) is 1. The Morgan fingerprint density at radius 3 is 3.00 bits per heavy atom. The second kappa shape index (κ2) is 3.18. The van der Waals surface area contributed by atoms with E-state index in [4.69, 9.17) is 4.74 Å². The topological polar surface area (TPSA) is 41.6 Å². The first-order valence-electron chi connectivity index (χ1n) is 4.87. The lowest BCUT2D eigenvalue weighted by Gasteiger charge is -2.23. The Bertz CT molecular complexity index is 210. The highest BCUT2D eigenvalue weighted by molar-refractivity contribution is 5.70. The summed E-state index contributed by atoms with van der Waals surface area (Å²) >= 11 is 0. The van der Waals surface area contributed by atoms with E-state index in [1.165, 1.54) is 0 Å². The van der Waals surface area contributed by atoms with Crippen LogP contribution >= 0.6 is 0 Å². The van der Waals surface area contributed by atoms with Crippen molar-refractivity contribution in [3.8, 4) is 0 Å². The monoisotopic (exact) mass is 184 g/mol. The van der Waals surface area contributed by atoms with E-state index >= 15 is 0 Å². The zero-order chi connectivity index (χ0) is 9.31. The molecule has 4 nitrogen and oxygen atoms in total. The lowest BCUT2D eigenvalue weighted by molar-refractivity contribution is 0.0470. The first-order valence-corrected chi connectivity index (χ1v) is 4.87. The molecule has 13 heavy (non-hydrogen) atoms. The maximum absolute atomic E-state index is 11.2. The Morgan fingerprint density at radius 1 is 1.46 bits per heavy atom. The molecule has 0 unspecified atom stereocenters. The highest BCUT2D eigenvalue weighted by Crippen LogP contribution is 2.30. The molecule has 0 aromatic heterocycles. The molecule has 2 aliphatic heterocycles. The van der Waals surface area contributed by atoms with Crippen LogP contribution in [0.4, 0.5) is 4.79 Å². The van der Waals surface area contributed by atoms with Crippen LogP contribution in [-0.4, -0.2) is 43.3 Å². The molecule has 0 aromatic rings. The maximum Gasteiger partial charge on any atom is 0.410 e. The van der Waals surface area contributed by atoms with E-state index in [-0.39, 0.29) is 11.7 Å². The standard InChI is InChI=1S/C9H16N2O2/c1-11-7-9(13-8(11)12)3-2-5-10-6-4-9/h10H,2-7H2,1H3/t9-/m1/s1. The van der Waals surface area contributed by atoms with Crippen LogP contribution < -0.4 is 5.32 Å². The average molecular weight is 184 g/mol. The molecule has 0 radical (unpaired) electrons. The summed E-state index contributed by atoms with van der Waals surface area (Å²) in [5.41, 5.74) is -0.185. The second-order valence-electron chi connectivity index (χ2n) is 4.01. The number of ether oxygens (including phenoxy) is 1. The minimum Gasteiger partial charge on any atom is -0.441 e. The SMILES string of the molecule is CN1C[C@]2(CCCNCC2)OC1=O. The van der Waals surface area contributed by atoms with Gasteiger partial charge in [0.1, 0.15) is 5.60 Å². The van der Waals surface area contributed by atoms with Gasteiger partial charge in [0.05, 0.1) is 6.54 Å². The van der Waals surface area contributed by atoms with Crippen molar-refractivity contribution in [3.05, 3.63) is 0 Å². The highest BCUT2D eigenvalue weighted by atomic mass is 16.6. The Labute approximate surface area is 78.2 Å². The maximum atomic E-state index is 11.2. The Balaban J connectivity index is 2.07. The number of rotatable bonds is 0. The van der Waals surface area contributed by atoms with Gasteiger partial charge in [0.15, 0.2) is 0 Å². The quantitative estimate of drug-likeness (QED) is 0.598. The third-order valence-electron chi connectivity index (χ3n) is 2.88. The van der Waals surface area contributed by atoms with Gasteiger partial charge < -0.3 is 15.0 Å². The van der Waals surface area contributed by atoms with Crippen LogP contribution in [0.15, 0.2) is 0 Å². The van der Waals surface area contributed by atoms with Crippen molar-refractivity contribution >= 4 is 6.09 Å². The molecule has 0 saturated carbocycles. The molecule has 0 bridgehead atoms. The molecule has 1 amide bonds. The van der Waals surface area contributed by atoms with Gasteiger partial charge in [0.2, 0.25) is 0 Å². The van der Waals surface area contributed by atoms with E-state index in [9.17, 15) is 4.79 Å². The first kappa shape index (κ1) is 8.81. The molecule has 1 spiro atoms. The van der Waals surface area contributed by atoms with Gasteiger partial charge in [0.25, 0.3) is 0 Å². The second-order valence-corrected chi connectivity index (χ2v) is 4.01. The van der Waals surface area contributed by atoms with Crippen LogP contribution in [-0.2, 0) is 4.74 Å². The van der Waals surface area contributed by atoms with E-state index in [2.05, 4.69) is 5.32 Å². The molecular weight excluding hydrogens is 168 g/mol. The summed E-state index contributed by atoms with van der Waals surface area (Å²) in [5, 5.41) is 3.32. The molecule has 74 valence electrons. The Morgan fingerprint density at radius 2 is 2.31 bits per heavy atom. The molecule has 4 heteroatoms. The summed E-state index contributed by atoms with van der Waals surface area (Å²) in [6.45, 7) is 2.76. The van der Waals surface area contributed by atoms with Gasteiger partial charge >= 0.3 is 6.09 Å². The third-order valence-corrected chi connectivity index (χ3v) is 2.88. The normalized spacial score (nSPS) is 34.8. The molecule has 1 atom stereocenters. The minimum absolute atomic E-state index is 0.165. The molecule has 2 saturated heterocycles. The molecule has 2 fully saturated rings. The zero-order valence-electron chi connectivity index (χ0n) is 8.01. The highest BCUT2D eigenvalue weighted by Gasteiger charge is 2.43. The third kappa shape index (κ3) is 1.63. The number of carbonyl (C=O) groups is 1. The predicted molar refractivity (Wildman–Crippen MR) is 48.6 cm³/mol. The predicted octanol–water partition coefficient (Wildman–Crippen LogP) is 0.581. The number of amides is 1. The number of likely N-dealkylation sites (N-methyl/N-ethyl adjacent to an activating group) is 1. The van der Waals surface area contributed by atoms with Gasteiger partial charge in [-0.2, -0.15) is 0 Å². The van der Waals surface area contributed by atoms with E-state index in [1.54, 1.807) is 11.9 Å². The lowest BCUT2D eigenvalue weighted by atomic mass is 9.95. The van der Waals surface area contributed by atoms with Crippen molar-refractivity contribution in [2.75, 3.05) is 26.7 Å². The van der Waals surface area contributed by atoms with Gasteiger partial charge in [-0.3, -0.25) is 0 Å². The van der Waals surface area contributed by atoms with Crippen molar-refractivity contribution in [1.29, 1.82) is 0 Å². The van der Waals surface area contributed by atoms with Crippen LogP contribution in [0.25, 0.3) is 0 Å². The van der Waals surface area contributed by atoms with E-state index in [0.717, 1.165) is 38.9 Å². The number of hydrogen-bond acceptors (Lipinski definition) is 3. The summed E-state index contributed by atoms with van der Waals surface area (Å²) in [6.07, 6.45) is 2.88. The molecule has 1 N–H and O–H groups in total. The summed E-state index contributed by atoms with van der Waals surface area (Å²) in [6, 6.07) is 0. The summed E-state index contributed by atoms with van der Waals surface area (Å²) in [7, 11) is 1.80. The zero-order valence-corrected chi connectivity index (χ0v) is 8.01. The number of hydrogen-bond donors (Lipinski definition) is 1. The number of carbonyl (C=O) groups excluding carboxylic acids is 1. The molecule has 0 aromatic carbocycles. The fraction of sp³-hybridized carbons (Fsp3) is 0.889. The summed E-state index contributed by atoms with van der Waals surface area (Å²) in [4.78, 5) is 12.9. The molecule has 2 rings (SSSR count). The van der Waals surface area contributed by atoms with Crippen LogP contribution in [0.2, 0.25) is 0 Å². The van der Waals surface area contributed by atoms with Crippen molar-refractivity contribution in [1.82, 2.24) is 10.2 Å². The van der Waals surface area contributed by atoms with Gasteiger partial charge in [-0.15, -0.1) is 0 Å². The van der Waals surface area contributed by atoms with Gasteiger partial charge in [-0.1, -0.05) is 0 Å². The van der Waals surface area contributed by atoms with E-state index in [0.29, 0.717) is 0 Å². The first-order chi connectivity index (χ1) is 6.22. The van der Waals surface area contributed by atoms with Crippen LogP contribution in [0, 0.1) is 0 Å². The summed E-state index contributed by atoms with van der Waals surface area (Å²) in [5.74, 6) is 0. The molecule has 2 heterocycles. The average Bonchev–Trinajstić information content (AvgIpc) is 2.29. The van der Waals surface area contributed by atoms with Crippen molar-refractivity contribution < 1.29 is 9.53 Å².